The first kappa shape index (κ1) is 12.5. The van der Waals surface area contributed by atoms with Crippen molar-refractivity contribution >= 4 is 28.9 Å². The third kappa shape index (κ3) is 4.20. The molecule has 0 saturated carbocycles. The molecule has 0 spiro atoms. The van der Waals surface area contributed by atoms with Gasteiger partial charge in [0, 0.05) is 6.92 Å². The number of benzene rings is 1. The topological polar surface area (TPSA) is 130 Å². The van der Waals surface area contributed by atoms with E-state index in [1.165, 1.54) is 0 Å². The Balaban J connectivity index is 0.000000317. The van der Waals surface area contributed by atoms with Crippen molar-refractivity contribution in [3.63, 3.8) is 0 Å². The van der Waals surface area contributed by atoms with E-state index in [0.717, 1.165) is 18.0 Å². The highest BCUT2D eigenvalue weighted by Crippen LogP contribution is 2.14. The lowest BCUT2D eigenvalue weighted by Gasteiger charge is -1.85. The SMILES string of the molecule is CC(=O)O.NC(N)=Nc1nc2ccccc2[nH]1. The number of carboxylic acids is 1. The highest BCUT2D eigenvalue weighted by molar-refractivity contribution is 5.81. The highest BCUT2D eigenvalue weighted by atomic mass is 16.4. The average molecular weight is 235 g/mol. The Morgan fingerprint density at radius 1 is 1.41 bits per heavy atom. The number of aliphatic imine (C=N–C) groups is 1. The van der Waals surface area contributed by atoms with E-state index >= 15 is 0 Å². The molecule has 1 heterocycles. The molecule has 0 aliphatic rings. The van der Waals surface area contributed by atoms with Gasteiger partial charge in [0.25, 0.3) is 5.97 Å². The number of nitrogens with one attached hydrogen (secondary N) is 1. The van der Waals surface area contributed by atoms with Crippen LogP contribution in [0.2, 0.25) is 0 Å². The number of hydrogen-bond acceptors (Lipinski definition) is 3. The van der Waals surface area contributed by atoms with Crippen LogP contribution in [0.25, 0.3) is 11.0 Å². The normalized spacial score (nSPS) is 9.24. The smallest absolute Gasteiger partial charge is 0.300 e. The minimum absolute atomic E-state index is 0.000874. The number of aliphatic carboxylic acids is 1. The summed E-state index contributed by atoms with van der Waals surface area (Å²) < 4.78 is 0. The number of carboxylic acid groups (broad SMARTS) is 1. The molecule has 0 bridgehead atoms. The van der Waals surface area contributed by atoms with Crippen LogP contribution in [0.5, 0.6) is 0 Å². The van der Waals surface area contributed by atoms with Crippen LogP contribution in [-0.2, 0) is 4.79 Å². The van der Waals surface area contributed by atoms with Crippen molar-refractivity contribution in [3.05, 3.63) is 24.3 Å². The molecule has 6 N–H and O–H groups in total. The number of nitrogens with zero attached hydrogens (tertiary/aromatic N) is 2. The van der Waals surface area contributed by atoms with Crippen molar-refractivity contribution in [1.82, 2.24) is 9.97 Å². The van der Waals surface area contributed by atoms with Gasteiger partial charge >= 0.3 is 0 Å². The molecule has 0 saturated heterocycles. The number of guanidine groups is 1. The molecule has 0 atom stereocenters. The molecule has 7 nitrogen and oxygen atoms in total. The number of para-hydroxylation sites is 2. The van der Waals surface area contributed by atoms with E-state index in [2.05, 4.69) is 15.0 Å². The molecule has 17 heavy (non-hydrogen) atoms. The van der Waals surface area contributed by atoms with Crippen LogP contribution < -0.4 is 11.5 Å². The summed E-state index contributed by atoms with van der Waals surface area (Å²) in [7, 11) is 0. The second-order valence-electron chi connectivity index (χ2n) is 3.13. The predicted octanol–water partition coefficient (Wildman–Crippen LogP) is 0.559. The summed E-state index contributed by atoms with van der Waals surface area (Å²) in [5.41, 5.74) is 12.2. The largest absolute Gasteiger partial charge is 0.481 e. The van der Waals surface area contributed by atoms with Gasteiger partial charge in [0.1, 0.15) is 0 Å². The maximum Gasteiger partial charge on any atom is 0.300 e. The summed E-state index contributed by atoms with van der Waals surface area (Å²) in [5.74, 6) is -0.403. The molecule has 7 heteroatoms. The lowest BCUT2D eigenvalue weighted by molar-refractivity contribution is -0.134. The Morgan fingerprint density at radius 3 is 2.53 bits per heavy atom. The molecule has 0 amide bonds. The van der Waals surface area contributed by atoms with Gasteiger partial charge in [-0.2, -0.15) is 4.99 Å². The number of imidazole rings is 1. The van der Waals surface area contributed by atoms with Gasteiger partial charge in [-0.15, -0.1) is 0 Å². The summed E-state index contributed by atoms with van der Waals surface area (Å²) in [4.78, 5) is 19.9. The maximum atomic E-state index is 9.00. The van der Waals surface area contributed by atoms with Crippen LogP contribution in [0, 0.1) is 0 Å². The number of fused-ring (bicyclic) bond motifs is 1. The Bertz CT molecular complexity index is 505. The molecule has 1 aromatic carbocycles. The maximum absolute atomic E-state index is 9.00. The van der Waals surface area contributed by atoms with Gasteiger partial charge in [0.05, 0.1) is 11.0 Å². The molecule has 2 aromatic rings. The minimum atomic E-state index is -0.833. The summed E-state index contributed by atoms with van der Waals surface area (Å²) in [6.07, 6.45) is 0. The molecular weight excluding hydrogens is 222 g/mol. The van der Waals surface area contributed by atoms with Crippen molar-refractivity contribution in [1.29, 1.82) is 0 Å². The Labute approximate surface area is 97.2 Å². The second kappa shape index (κ2) is 5.50. The standard InChI is InChI=1S/C8H9N5.C2H4O2/c9-7(10)13-8-11-5-3-1-2-4-6(5)12-8;1-2(3)4/h1-4H,(H5,9,10,11,12,13);1H3,(H,3,4). The zero-order chi connectivity index (χ0) is 12.8. The zero-order valence-corrected chi connectivity index (χ0v) is 9.21. The van der Waals surface area contributed by atoms with Crippen molar-refractivity contribution in [2.45, 2.75) is 6.92 Å². The van der Waals surface area contributed by atoms with E-state index in [1.807, 2.05) is 24.3 Å². The van der Waals surface area contributed by atoms with Crippen molar-refractivity contribution in [3.8, 4) is 0 Å². The molecular formula is C10H13N5O2. The van der Waals surface area contributed by atoms with Crippen LogP contribution in [-0.4, -0.2) is 27.0 Å². The Hall–Kier alpha value is -2.57. The van der Waals surface area contributed by atoms with Gasteiger partial charge in [-0.25, -0.2) is 4.98 Å². The van der Waals surface area contributed by atoms with Crippen LogP contribution in [0.4, 0.5) is 5.95 Å². The lowest BCUT2D eigenvalue weighted by atomic mass is 10.3. The predicted molar refractivity (Wildman–Crippen MR) is 64.9 cm³/mol. The summed E-state index contributed by atoms with van der Waals surface area (Å²) in [6.45, 7) is 1.08. The highest BCUT2D eigenvalue weighted by Gasteiger charge is 1.99. The summed E-state index contributed by atoms with van der Waals surface area (Å²) >= 11 is 0. The number of aromatic nitrogens is 2. The first-order valence-electron chi connectivity index (χ1n) is 4.73. The van der Waals surface area contributed by atoms with E-state index in [4.69, 9.17) is 21.4 Å². The number of carbonyl (C=O) groups is 1. The van der Waals surface area contributed by atoms with Gasteiger partial charge in [0.15, 0.2) is 5.96 Å². The summed E-state index contributed by atoms with van der Waals surface area (Å²) in [5, 5.41) is 7.42. The molecule has 90 valence electrons. The van der Waals surface area contributed by atoms with Crippen LogP contribution in [0.3, 0.4) is 0 Å². The fourth-order valence-electron chi connectivity index (χ4n) is 1.11. The average Bonchev–Trinajstić information content (AvgIpc) is 2.57. The number of nitrogens with two attached hydrogens (primary N) is 2. The number of H-pyrrole nitrogens is 1. The zero-order valence-electron chi connectivity index (χ0n) is 9.21. The van der Waals surface area contributed by atoms with Gasteiger partial charge in [-0.1, -0.05) is 12.1 Å². The van der Waals surface area contributed by atoms with Gasteiger partial charge in [-0.05, 0) is 12.1 Å². The van der Waals surface area contributed by atoms with Crippen LogP contribution in [0.15, 0.2) is 29.3 Å². The van der Waals surface area contributed by atoms with E-state index in [1.54, 1.807) is 0 Å². The lowest BCUT2D eigenvalue weighted by Crippen LogP contribution is -2.22. The van der Waals surface area contributed by atoms with E-state index in [9.17, 15) is 0 Å². The molecule has 0 radical (unpaired) electrons. The fourth-order valence-corrected chi connectivity index (χ4v) is 1.11. The van der Waals surface area contributed by atoms with Gasteiger partial charge in [0.2, 0.25) is 5.95 Å². The minimum Gasteiger partial charge on any atom is -0.481 e. The third-order valence-corrected chi connectivity index (χ3v) is 1.61. The number of rotatable bonds is 1. The second-order valence-corrected chi connectivity index (χ2v) is 3.13. The van der Waals surface area contributed by atoms with E-state index in [-0.39, 0.29) is 5.96 Å². The molecule has 0 fully saturated rings. The van der Waals surface area contributed by atoms with Gasteiger partial charge in [-0.3, -0.25) is 4.79 Å². The molecule has 2 rings (SSSR count). The number of hydrogen-bond donors (Lipinski definition) is 4. The fraction of sp³-hybridized carbons (Fsp3) is 0.100. The van der Waals surface area contributed by atoms with Crippen LogP contribution >= 0.6 is 0 Å². The van der Waals surface area contributed by atoms with E-state index in [0.29, 0.717) is 5.95 Å². The summed E-state index contributed by atoms with van der Waals surface area (Å²) in [6, 6.07) is 7.62. The molecule has 0 unspecified atom stereocenters. The van der Waals surface area contributed by atoms with Crippen molar-refractivity contribution in [2.75, 3.05) is 0 Å². The van der Waals surface area contributed by atoms with Crippen molar-refractivity contribution < 1.29 is 9.90 Å². The quantitative estimate of drug-likeness (QED) is 0.423. The number of aromatic amines is 1. The molecule has 0 aliphatic carbocycles. The first-order chi connectivity index (χ1) is 7.99. The third-order valence-electron chi connectivity index (χ3n) is 1.61. The monoisotopic (exact) mass is 235 g/mol. The van der Waals surface area contributed by atoms with Crippen LogP contribution in [0.1, 0.15) is 6.92 Å². The first-order valence-corrected chi connectivity index (χ1v) is 4.73. The Kier molecular flexibility index (Phi) is 4.04. The van der Waals surface area contributed by atoms with Gasteiger partial charge < -0.3 is 21.6 Å². The van der Waals surface area contributed by atoms with Crippen molar-refractivity contribution in [2.24, 2.45) is 16.5 Å². The van der Waals surface area contributed by atoms with E-state index < -0.39 is 5.97 Å². The molecule has 1 aromatic heterocycles. The Morgan fingerprint density at radius 2 is 2.00 bits per heavy atom. The molecule has 0 aliphatic heterocycles.